The van der Waals surface area contributed by atoms with Crippen LogP contribution < -0.4 is 10.1 Å². The molecule has 19 heavy (non-hydrogen) atoms. The lowest BCUT2D eigenvalue weighted by Gasteiger charge is -2.38. The van der Waals surface area contributed by atoms with E-state index in [1.54, 1.807) is 13.2 Å². The third kappa shape index (κ3) is 3.47. The molecule has 0 saturated carbocycles. The van der Waals surface area contributed by atoms with Crippen LogP contribution in [0.2, 0.25) is 0 Å². The summed E-state index contributed by atoms with van der Waals surface area (Å²) in [4.78, 5) is 14.6. The molecule has 1 aliphatic heterocycles. The number of likely N-dealkylation sites (tertiary alicyclic amines) is 1. The second kappa shape index (κ2) is 5.61. The van der Waals surface area contributed by atoms with Crippen molar-refractivity contribution in [3.05, 3.63) is 29.8 Å². The van der Waals surface area contributed by atoms with Gasteiger partial charge in [0.1, 0.15) is 5.75 Å². The fraction of sp³-hybridized carbons (Fsp3) is 0.533. The van der Waals surface area contributed by atoms with Gasteiger partial charge in [-0.25, -0.2) is 0 Å². The van der Waals surface area contributed by atoms with E-state index >= 15 is 0 Å². The number of carbonyl (C=O) groups excluding carboxylic acids is 1. The first kappa shape index (κ1) is 13.9. The SMILES string of the molecule is COc1cccc(C(=O)NC2(C)CCN(C)CC2)c1. The summed E-state index contributed by atoms with van der Waals surface area (Å²) < 4.78 is 5.15. The minimum Gasteiger partial charge on any atom is -0.497 e. The van der Waals surface area contributed by atoms with Crippen LogP contribution >= 0.6 is 0 Å². The summed E-state index contributed by atoms with van der Waals surface area (Å²) in [7, 11) is 3.72. The largest absolute Gasteiger partial charge is 0.497 e. The molecule has 0 aliphatic carbocycles. The number of piperidine rings is 1. The Hall–Kier alpha value is -1.55. The van der Waals surface area contributed by atoms with Crippen molar-refractivity contribution in [2.45, 2.75) is 25.3 Å². The van der Waals surface area contributed by atoms with Crippen LogP contribution in [0.5, 0.6) is 5.75 Å². The second-order valence-corrected chi connectivity index (χ2v) is 5.55. The van der Waals surface area contributed by atoms with Crippen molar-refractivity contribution in [1.82, 2.24) is 10.2 Å². The Balaban J connectivity index is 2.04. The van der Waals surface area contributed by atoms with Crippen molar-refractivity contribution in [2.24, 2.45) is 0 Å². The molecular weight excluding hydrogens is 240 g/mol. The summed E-state index contributed by atoms with van der Waals surface area (Å²) in [5.74, 6) is 0.687. The molecule has 1 fully saturated rings. The molecule has 1 N–H and O–H groups in total. The number of benzene rings is 1. The molecule has 1 aliphatic rings. The molecule has 0 unspecified atom stereocenters. The predicted molar refractivity (Wildman–Crippen MR) is 75.6 cm³/mol. The summed E-state index contributed by atoms with van der Waals surface area (Å²) in [6.45, 7) is 4.17. The normalized spacial score (nSPS) is 18.9. The van der Waals surface area contributed by atoms with Crippen LogP contribution in [0.3, 0.4) is 0 Å². The van der Waals surface area contributed by atoms with E-state index in [2.05, 4.69) is 24.2 Å². The monoisotopic (exact) mass is 262 g/mol. The Morgan fingerprint density at radius 1 is 1.37 bits per heavy atom. The molecule has 4 nitrogen and oxygen atoms in total. The lowest BCUT2D eigenvalue weighted by atomic mass is 9.89. The molecule has 0 aromatic heterocycles. The van der Waals surface area contributed by atoms with E-state index in [9.17, 15) is 4.79 Å². The Morgan fingerprint density at radius 3 is 2.68 bits per heavy atom. The molecule has 1 amide bonds. The van der Waals surface area contributed by atoms with Gasteiger partial charge < -0.3 is 15.0 Å². The first-order chi connectivity index (χ1) is 9.02. The molecule has 104 valence electrons. The van der Waals surface area contributed by atoms with E-state index in [1.807, 2.05) is 18.2 Å². The zero-order chi connectivity index (χ0) is 13.9. The molecule has 0 bridgehead atoms. The molecule has 2 rings (SSSR count). The molecule has 1 aromatic carbocycles. The van der Waals surface area contributed by atoms with Gasteiger partial charge in [-0.05, 0) is 45.0 Å². The summed E-state index contributed by atoms with van der Waals surface area (Å²) in [6, 6.07) is 7.27. The topological polar surface area (TPSA) is 41.6 Å². The van der Waals surface area contributed by atoms with Crippen molar-refractivity contribution in [3.63, 3.8) is 0 Å². The van der Waals surface area contributed by atoms with Gasteiger partial charge in [0.15, 0.2) is 0 Å². The summed E-state index contributed by atoms with van der Waals surface area (Å²) in [5.41, 5.74) is 0.548. The van der Waals surface area contributed by atoms with Gasteiger partial charge in [-0.2, -0.15) is 0 Å². The molecule has 4 heteroatoms. The van der Waals surface area contributed by atoms with Crippen LogP contribution in [-0.4, -0.2) is 43.6 Å². The maximum atomic E-state index is 12.3. The van der Waals surface area contributed by atoms with Gasteiger partial charge in [-0.15, -0.1) is 0 Å². The van der Waals surface area contributed by atoms with Crippen LogP contribution in [0.15, 0.2) is 24.3 Å². The summed E-state index contributed by atoms with van der Waals surface area (Å²) in [5, 5.41) is 3.16. The Morgan fingerprint density at radius 2 is 2.05 bits per heavy atom. The predicted octanol–water partition coefficient (Wildman–Crippen LogP) is 1.91. The van der Waals surface area contributed by atoms with Gasteiger partial charge in [0.05, 0.1) is 7.11 Å². The van der Waals surface area contributed by atoms with Crippen LogP contribution in [0, 0.1) is 0 Å². The first-order valence-corrected chi connectivity index (χ1v) is 6.67. The first-order valence-electron chi connectivity index (χ1n) is 6.67. The van der Waals surface area contributed by atoms with Gasteiger partial charge >= 0.3 is 0 Å². The van der Waals surface area contributed by atoms with E-state index in [0.717, 1.165) is 25.9 Å². The zero-order valence-corrected chi connectivity index (χ0v) is 11.9. The van der Waals surface area contributed by atoms with E-state index < -0.39 is 0 Å². The number of methoxy groups -OCH3 is 1. The molecule has 1 aromatic rings. The molecule has 0 atom stereocenters. The number of nitrogens with one attached hydrogen (secondary N) is 1. The average Bonchev–Trinajstić information content (AvgIpc) is 2.42. The highest BCUT2D eigenvalue weighted by Gasteiger charge is 2.30. The van der Waals surface area contributed by atoms with Crippen LogP contribution in [0.1, 0.15) is 30.1 Å². The fourth-order valence-corrected chi connectivity index (χ4v) is 2.35. The number of ether oxygens (including phenoxy) is 1. The van der Waals surface area contributed by atoms with Crippen LogP contribution in [0.4, 0.5) is 0 Å². The van der Waals surface area contributed by atoms with Gasteiger partial charge in [0, 0.05) is 24.2 Å². The number of amides is 1. The third-order valence-corrected chi connectivity index (χ3v) is 3.84. The van der Waals surface area contributed by atoms with E-state index in [-0.39, 0.29) is 11.4 Å². The third-order valence-electron chi connectivity index (χ3n) is 3.84. The van der Waals surface area contributed by atoms with E-state index in [0.29, 0.717) is 11.3 Å². The fourth-order valence-electron chi connectivity index (χ4n) is 2.35. The molecule has 1 heterocycles. The second-order valence-electron chi connectivity index (χ2n) is 5.55. The van der Waals surface area contributed by atoms with Crippen molar-refractivity contribution in [3.8, 4) is 5.75 Å². The standard InChI is InChI=1S/C15H22N2O2/c1-15(7-9-17(2)10-8-15)16-14(18)12-5-4-6-13(11-12)19-3/h4-6,11H,7-10H2,1-3H3,(H,16,18). The number of nitrogens with zero attached hydrogens (tertiary/aromatic N) is 1. The highest BCUT2D eigenvalue weighted by Crippen LogP contribution is 2.22. The van der Waals surface area contributed by atoms with Crippen molar-refractivity contribution >= 4 is 5.91 Å². The van der Waals surface area contributed by atoms with Crippen LogP contribution in [-0.2, 0) is 0 Å². The molecule has 0 spiro atoms. The van der Waals surface area contributed by atoms with Crippen LogP contribution in [0.25, 0.3) is 0 Å². The molecule has 1 saturated heterocycles. The number of carbonyl (C=O) groups is 1. The Labute approximate surface area is 114 Å². The molecular formula is C15H22N2O2. The summed E-state index contributed by atoms with van der Waals surface area (Å²) in [6.07, 6.45) is 1.97. The minimum atomic E-state index is -0.104. The quantitative estimate of drug-likeness (QED) is 0.904. The zero-order valence-electron chi connectivity index (χ0n) is 11.9. The maximum absolute atomic E-state index is 12.3. The van der Waals surface area contributed by atoms with Crippen molar-refractivity contribution in [1.29, 1.82) is 0 Å². The lowest BCUT2D eigenvalue weighted by molar-refractivity contribution is 0.0851. The van der Waals surface area contributed by atoms with Gasteiger partial charge in [-0.3, -0.25) is 4.79 Å². The Kier molecular flexibility index (Phi) is 4.10. The van der Waals surface area contributed by atoms with Gasteiger partial charge in [0.2, 0.25) is 0 Å². The van der Waals surface area contributed by atoms with E-state index in [1.165, 1.54) is 0 Å². The highest BCUT2D eigenvalue weighted by atomic mass is 16.5. The lowest BCUT2D eigenvalue weighted by Crippen LogP contribution is -2.52. The number of hydrogen-bond acceptors (Lipinski definition) is 3. The smallest absolute Gasteiger partial charge is 0.251 e. The van der Waals surface area contributed by atoms with Gasteiger partial charge in [-0.1, -0.05) is 6.07 Å². The van der Waals surface area contributed by atoms with Gasteiger partial charge in [0.25, 0.3) is 5.91 Å². The Bertz CT molecular complexity index is 451. The highest BCUT2D eigenvalue weighted by molar-refractivity contribution is 5.95. The van der Waals surface area contributed by atoms with E-state index in [4.69, 9.17) is 4.74 Å². The van der Waals surface area contributed by atoms with Crippen molar-refractivity contribution in [2.75, 3.05) is 27.2 Å². The number of hydrogen-bond donors (Lipinski definition) is 1. The maximum Gasteiger partial charge on any atom is 0.251 e. The molecule has 0 radical (unpaired) electrons. The minimum absolute atomic E-state index is 0.0223. The average molecular weight is 262 g/mol. The summed E-state index contributed by atoms with van der Waals surface area (Å²) >= 11 is 0. The van der Waals surface area contributed by atoms with Crippen molar-refractivity contribution < 1.29 is 9.53 Å². The number of rotatable bonds is 3.